The van der Waals surface area contributed by atoms with Crippen molar-refractivity contribution in [2.24, 2.45) is 7.05 Å². The Kier molecular flexibility index (Phi) is 4.38. The highest BCUT2D eigenvalue weighted by atomic mass is 16.1. The fourth-order valence-corrected chi connectivity index (χ4v) is 3.87. The van der Waals surface area contributed by atoms with E-state index in [9.17, 15) is 4.79 Å². The Morgan fingerprint density at radius 3 is 2.96 bits per heavy atom. The second-order valence-electron chi connectivity index (χ2n) is 6.99. The molecular formula is C18H24N6O. The zero-order valence-electron chi connectivity index (χ0n) is 14.6. The van der Waals surface area contributed by atoms with Gasteiger partial charge in [0.25, 0.3) is 5.91 Å². The van der Waals surface area contributed by atoms with Crippen LogP contribution in [0.5, 0.6) is 0 Å². The van der Waals surface area contributed by atoms with Crippen molar-refractivity contribution in [3.05, 3.63) is 35.5 Å². The molecule has 2 aromatic rings. The first kappa shape index (κ1) is 16.1. The lowest BCUT2D eigenvalue weighted by Gasteiger charge is -2.35. The molecule has 1 aliphatic heterocycles. The average Bonchev–Trinajstić information content (AvgIpc) is 3.08. The Morgan fingerprint density at radius 2 is 2.12 bits per heavy atom. The molecule has 0 bridgehead atoms. The molecule has 4 rings (SSSR count). The maximum absolute atomic E-state index is 12.4. The SMILES string of the molecule is Cn1cc(C(=O)NC2CCCN(c3ncnc4c3CCCC4)C2)cn1. The van der Waals surface area contributed by atoms with Crippen molar-refractivity contribution in [2.45, 2.75) is 44.6 Å². The van der Waals surface area contributed by atoms with Gasteiger partial charge in [-0.25, -0.2) is 9.97 Å². The van der Waals surface area contributed by atoms with E-state index in [-0.39, 0.29) is 11.9 Å². The molecule has 1 N–H and O–H groups in total. The molecule has 2 aliphatic rings. The lowest BCUT2D eigenvalue weighted by Crippen LogP contribution is -2.48. The summed E-state index contributed by atoms with van der Waals surface area (Å²) in [5.74, 6) is 1.02. The van der Waals surface area contributed by atoms with Gasteiger partial charge in [-0.2, -0.15) is 5.10 Å². The Labute approximate surface area is 147 Å². The number of aromatic nitrogens is 4. The largest absolute Gasteiger partial charge is 0.354 e. The molecule has 1 amide bonds. The maximum Gasteiger partial charge on any atom is 0.254 e. The van der Waals surface area contributed by atoms with Crippen LogP contribution < -0.4 is 10.2 Å². The minimum Gasteiger partial charge on any atom is -0.354 e. The third-order valence-electron chi connectivity index (χ3n) is 5.13. The van der Waals surface area contributed by atoms with Crippen LogP contribution in [0.25, 0.3) is 0 Å². The quantitative estimate of drug-likeness (QED) is 0.916. The Hall–Kier alpha value is -2.44. The highest BCUT2D eigenvalue weighted by molar-refractivity contribution is 5.93. The van der Waals surface area contributed by atoms with Crippen molar-refractivity contribution in [1.82, 2.24) is 25.1 Å². The highest BCUT2D eigenvalue weighted by Crippen LogP contribution is 2.28. The number of hydrogen-bond acceptors (Lipinski definition) is 5. The van der Waals surface area contributed by atoms with E-state index in [2.05, 4.69) is 25.3 Å². The molecule has 1 saturated heterocycles. The number of rotatable bonds is 3. The van der Waals surface area contributed by atoms with Gasteiger partial charge in [-0.3, -0.25) is 9.48 Å². The van der Waals surface area contributed by atoms with Crippen LogP contribution in [0.3, 0.4) is 0 Å². The third kappa shape index (κ3) is 3.36. The predicted molar refractivity (Wildman–Crippen MR) is 94.6 cm³/mol. The normalized spacial score (nSPS) is 20.2. The van der Waals surface area contributed by atoms with Gasteiger partial charge in [0.15, 0.2) is 0 Å². The Morgan fingerprint density at radius 1 is 1.24 bits per heavy atom. The number of amides is 1. The van der Waals surface area contributed by atoms with E-state index in [1.807, 2.05) is 7.05 Å². The van der Waals surface area contributed by atoms with Crippen LogP contribution in [0, 0.1) is 0 Å². The molecule has 132 valence electrons. The molecule has 0 saturated carbocycles. The molecule has 1 unspecified atom stereocenters. The van der Waals surface area contributed by atoms with E-state index in [0.717, 1.165) is 44.6 Å². The van der Waals surface area contributed by atoms with Crippen LogP contribution in [0.4, 0.5) is 5.82 Å². The second-order valence-corrected chi connectivity index (χ2v) is 6.99. The summed E-state index contributed by atoms with van der Waals surface area (Å²) in [6.45, 7) is 1.79. The fourth-order valence-electron chi connectivity index (χ4n) is 3.87. The number of aryl methyl sites for hydroxylation is 2. The van der Waals surface area contributed by atoms with E-state index in [4.69, 9.17) is 0 Å². The number of anilines is 1. The molecule has 0 spiro atoms. The standard InChI is InChI=1S/C18H24N6O/c1-23-10-13(9-21-23)18(25)22-14-5-4-8-24(11-14)17-15-6-2-3-7-16(15)19-12-20-17/h9-10,12,14H,2-8,11H2,1H3,(H,22,25). The van der Waals surface area contributed by atoms with Gasteiger partial charge in [-0.1, -0.05) is 0 Å². The number of carbonyl (C=O) groups excluding carboxylic acids is 1. The van der Waals surface area contributed by atoms with E-state index in [0.29, 0.717) is 5.56 Å². The number of nitrogens with one attached hydrogen (secondary N) is 1. The van der Waals surface area contributed by atoms with E-state index < -0.39 is 0 Å². The fraction of sp³-hybridized carbons (Fsp3) is 0.556. The maximum atomic E-state index is 12.4. The summed E-state index contributed by atoms with van der Waals surface area (Å²) in [5, 5.41) is 7.22. The van der Waals surface area contributed by atoms with Crippen LogP contribution in [0.2, 0.25) is 0 Å². The molecular weight excluding hydrogens is 316 g/mol. The van der Waals surface area contributed by atoms with Crippen molar-refractivity contribution < 1.29 is 4.79 Å². The lowest BCUT2D eigenvalue weighted by atomic mass is 9.95. The first-order chi connectivity index (χ1) is 12.2. The molecule has 7 heteroatoms. The molecule has 0 aromatic carbocycles. The summed E-state index contributed by atoms with van der Waals surface area (Å²) in [6, 6.07) is 0.135. The number of nitrogens with zero attached hydrogens (tertiary/aromatic N) is 5. The molecule has 1 aliphatic carbocycles. The summed E-state index contributed by atoms with van der Waals surface area (Å²) in [5.41, 5.74) is 3.13. The second kappa shape index (κ2) is 6.82. The number of hydrogen-bond donors (Lipinski definition) is 1. The minimum absolute atomic E-state index is 0.0512. The zero-order chi connectivity index (χ0) is 17.2. The molecule has 1 fully saturated rings. The molecule has 2 aromatic heterocycles. The molecule has 0 radical (unpaired) electrons. The van der Waals surface area contributed by atoms with E-state index >= 15 is 0 Å². The summed E-state index contributed by atoms with van der Waals surface area (Å²) >= 11 is 0. The molecule has 1 atom stereocenters. The van der Waals surface area contributed by atoms with Gasteiger partial charge in [-0.05, 0) is 38.5 Å². The Balaban J connectivity index is 1.47. The van der Waals surface area contributed by atoms with Gasteiger partial charge in [0.1, 0.15) is 12.1 Å². The van der Waals surface area contributed by atoms with Crippen molar-refractivity contribution in [3.8, 4) is 0 Å². The third-order valence-corrected chi connectivity index (χ3v) is 5.13. The van der Waals surface area contributed by atoms with Crippen LogP contribution in [0.15, 0.2) is 18.7 Å². The van der Waals surface area contributed by atoms with Gasteiger partial charge in [0, 0.05) is 43.6 Å². The average molecular weight is 340 g/mol. The summed E-state index contributed by atoms with van der Waals surface area (Å²) in [4.78, 5) is 23.8. The topological polar surface area (TPSA) is 75.9 Å². The van der Waals surface area contributed by atoms with Crippen LogP contribution in [-0.4, -0.2) is 44.8 Å². The predicted octanol–water partition coefficient (Wildman–Crippen LogP) is 1.49. The molecule has 25 heavy (non-hydrogen) atoms. The van der Waals surface area contributed by atoms with Crippen molar-refractivity contribution in [3.63, 3.8) is 0 Å². The summed E-state index contributed by atoms with van der Waals surface area (Å²) in [6.07, 6.45) is 11.6. The zero-order valence-corrected chi connectivity index (χ0v) is 14.6. The van der Waals surface area contributed by atoms with Crippen LogP contribution >= 0.6 is 0 Å². The van der Waals surface area contributed by atoms with Crippen molar-refractivity contribution >= 4 is 11.7 Å². The molecule has 7 nitrogen and oxygen atoms in total. The first-order valence-electron chi connectivity index (χ1n) is 9.08. The monoisotopic (exact) mass is 340 g/mol. The summed E-state index contributed by atoms with van der Waals surface area (Å²) in [7, 11) is 1.82. The summed E-state index contributed by atoms with van der Waals surface area (Å²) < 4.78 is 1.65. The van der Waals surface area contributed by atoms with Crippen molar-refractivity contribution in [1.29, 1.82) is 0 Å². The first-order valence-corrected chi connectivity index (χ1v) is 9.08. The lowest BCUT2D eigenvalue weighted by molar-refractivity contribution is 0.0933. The minimum atomic E-state index is -0.0512. The number of fused-ring (bicyclic) bond motifs is 1. The van der Waals surface area contributed by atoms with E-state index in [1.54, 1.807) is 23.4 Å². The van der Waals surface area contributed by atoms with Gasteiger partial charge in [-0.15, -0.1) is 0 Å². The van der Waals surface area contributed by atoms with Gasteiger partial charge >= 0.3 is 0 Å². The highest BCUT2D eigenvalue weighted by Gasteiger charge is 2.26. The van der Waals surface area contributed by atoms with Crippen LogP contribution in [0.1, 0.15) is 47.3 Å². The number of piperidine rings is 1. The van der Waals surface area contributed by atoms with Gasteiger partial charge in [0.05, 0.1) is 11.8 Å². The number of carbonyl (C=O) groups is 1. The Bertz CT molecular complexity index is 771. The molecule has 3 heterocycles. The van der Waals surface area contributed by atoms with E-state index in [1.165, 1.54) is 24.1 Å². The van der Waals surface area contributed by atoms with Gasteiger partial charge in [0.2, 0.25) is 0 Å². The van der Waals surface area contributed by atoms with Gasteiger partial charge < -0.3 is 10.2 Å². The smallest absolute Gasteiger partial charge is 0.254 e. The van der Waals surface area contributed by atoms with Crippen LogP contribution in [-0.2, 0) is 19.9 Å². The van der Waals surface area contributed by atoms with Crippen molar-refractivity contribution in [2.75, 3.05) is 18.0 Å².